The Morgan fingerprint density at radius 3 is 2.17 bits per heavy atom. The van der Waals surface area contributed by atoms with Crippen molar-refractivity contribution in [1.29, 1.82) is 0 Å². The van der Waals surface area contributed by atoms with Crippen molar-refractivity contribution in [2.45, 2.75) is 18.4 Å². The van der Waals surface area contributed by atoms with Crippen molar-refractivity contribution in [2.24, 2.45) is 0 Å². The van der Waals surface area contributed by atoms with Gasteiger partial charge in [-0.3, -0.25) is 9.10 Å². The van der Waals surface area contributed by atoms with Crippen molar-refractivity contribution in [3.8, 4) is 0 Å². The highest BCUT2D eigenvalue weighted by atomic mass is 35.5. The summed E-state index contributed by atoms with van der Waals surface area (Å²) in [5.41, 5.74) is 2.30. The molecule has 29 heavy (non-hydrogen) atoms. The molecule has 3 aromatic rings. The van der Waals surface area contributed by atoms with Gasteiger partial charge in [0.2, 0.25) is 5.91 Å². The fraction of sp³-hybridized carbons (Fsp3) is 0.136. The maximum atomic E-state index is 13.2. The van der Waals surface area contributed by atoms with Crippen LogP contribution in [0.5, 0.6) is 0 Å². The van der Waals surface area contributed by atoms with E-state index in [2.05, 4.69) is 5.32 Å². The topological polar surface area (TPSA) is 66.5 Å². The minimum atomic E-state index is -3.90. The first-order chi connectivity index (χ1) is 13.9. The summed E-state index contributed by atoms with van der Waals surface area (Å²) in [5.74, 6) is -0.403. The van der Waals surface area contributed by atoms with Gasteiger partial charge in [-0.1, -0.05) is 59.6 Å². The standard InChI is InChI=1S/C22H21ClN2O3S/c1-17-7-13-20(14-8-17)25(29(27,28)21-5-3-2-4-6-21)16-22(26)24-15-18-9-11-19(23)12-10-18/h2-14H,15-16H2,1H3,(H,24,26). The van der Waals surface area contributed by atoms with Crippen LogP contribution in [0.2, 0.25) is 5.02 Å². The van der Waals surface area contributed by atoms with E-state index in [1.54, 1.807) is 54.6 Å². The van der Waals surface area contributed by atoms with E-state index in [9.17, 15) is 13.2 Å². The lowest BCUT2D eigenvalue weighted by Gasteiger charge is -2.24. The molecule has 0 spiro atoms. The lowest BCUT2D eigenvalue weighted by molar-refractivity contribution is -0.119. The second kappa shape index (κ2) is 9.11. The molecule has 0 atom stereocenters. The van der Waals surface area contributed by atoms with Gasteiger partial charge in [-0.2, -0.15) is 0 Å². The molecule has 0 aliphatic rings. The number of hydrogen-bond donors (Lipinski definition) is 1. The van der Waals surface area contributed by atoms with E-state index in [0.717, 1.165) is 15.4 Å². The van der Waals surface area contributed by atoms with Gasteiger partial charge in [0, 0.05) is 11.6 Å². The number of benzene rings is 3. The third-order valence-electron chi connectivity index (χ3n) is 4.34. The normalized spacial score (nSPS) is 11.1. The van der Waals surface area contributed by atoms with Crippen LogP contribution < -0.4 is 9.62 Å². The molecule has 0 aliphatic heterocycles. The van der Waals surface area contributed by atoms with Crippen LogP contribution in [0.3, 0.4) is 0 Å². The number of hydrogen-bond acceptors (Lipinski definition) is 3. The average Bonchev–Trinajstić information content (AvgIpc) is 2.73. The SMILES string of the molecule is Cc1ccc(N(CC(=O)NCc2ccc(Cl)cc2)S(=O)(=O)c2ccccc2)cc1. The number of nitrogens with zero attached hydrogens (tertiary/aromatic N) is 1. The number of anilines is 1. The third-order valence-corrected chi connectivity index (χ3v) is 6.38. The molecule has 1 N–H and O–H groups in total. The zero-order valence-corrected chi connectivity index (χ0v) is 17.5. The van der Waals surface area contributed by atoms with E-state index < -0.39 is 15.9 Å². The number of nitrogens with one attached hydrogen (secondary N) is 1. The molecule has 0 heterocycles. The van der Waals surface area contributed by atoms with Gasteiger partial charge in [-0.25, -0.2) is 8.42 Å². The van der Waals surface area contributed by atoms with Gasteiger partial charge >= 0.3 is 0 Å². The Kier molecular flexibility index (Phi) is 6.56. The molecule has 0 aromatic heterocycles. The van der Waals surface area contributed by atoms with E-state index in [1.165, 1.54) is 12.1 Å². The van der Waals surface area contributed by atoms with Gasteiger partial charge in [0.15, 0.2) is 0 Å². The monoisotopic (exact) mass is 428 g/mol. The Balaban J connectivity index is 1.82. The highest BCUT2D eigenvalue weighted by molar-refractivity contribution is 7.92. The number of aryl methyl sites for hydroxylation is 1. The van der Waals surface area contributed by atoms with Crippen molar-refractivity contribution in [3.63, 3.8) is 0 Å². The molecule has 0 radical (unpaired) electrons. The van der Waals surface area contributed by atoms with Gasteiger partial charge in [0.1, 0.15) is 6.54 Å². The summed E-state index contributed by atoms with van der Waals surface area (Å²) in [6.45, 7) is 1.87. The molecule has 5 nitrogen and oxygen atoms in total. The molecule has 0 aliphatic carbocycles. The lowest BCUT2D eigenvalue weighted by Crippen LogP contribution is -2.40. The Bertz CT molecular complexity index is 1070. The van der Waals surface area contributed by atoms with E-state index in [4.69, 9.17) is 11.6 Å². The van der Waals surface area contributed by atoms with Gasteiger partial charge in [0.05, 0.1) is 10.6 Å². The Morgan fingerprint density at radius 2 is 1.55 bits per heavy atom. The Hall–Kier alpha value is -2.83. The summed E-state index contributed by atoms with van der Waals surface area (Å²) in [5, 5.41) is 3.38. The molecule has 0 bridgehead atoms. The van der Waals surface area contributed by atoms with Crippen molar-refractivity contribution >= 4 is 33.2 Å². The molecular weight excluding hydrogens is 408 g/mol. The van der Waals surface area contributed by atoms with E-state index in [0.29, 0.717) is 10.7 Å². The summed E-state index contributed by atoms with van der Waals surface area (Å²) >= 11 is 5.87. The zero-order valence-electron chi connectivity index (χ0n) is 15.9. The van der Waals surface area contributed by atoms with Crippen LogP contribution in [0.25, 0.3) is 0 Å². The van der Waals surface area contributed by atoms with E-state index >= 15 is 0 Å². The summed E-state index contributed by atoms with van der Waals surface area (Å²) in [6, 6.07) is 22.2. The molecule has 0 saturated carbocycles. The Labute approximate surface area is 176 Å². The smallest absolute Gasteiger partial charge is 0.264 e. The molecule has 1 amide bonds. The van der Waals surface area contributed by atoms with E-state index in [-0.39, 0.29) is 18.0 Å². The highest BCUT2D eigenvalue weighted by Gasteiger charge is 2.26. The Morgan fingerprint density at radius 1 is 0.931 bits per heavy atom. The van der Waals surface area contributed by atoms with Crippen molar-refractivity contribution in [1.82, 2.24) is 5.32 Å². The first-order valence-corrected chi connectivity index (χ1v) is 10.8. The minimum absolute atomic E-state index is 0.131. The zero-order chi connectivity index (χ0) is 20.9. The van der Waals surface area contributed by atoms with Gasteiger partial charge in [0.25, 0.3) is 10.0 Å². The summed E-state index contributed by atoms with van der Waals surface area (Å²) in [6.07, 6.45) is 0. The molecule has 7 heteroatoms. The molecule has 150 valence electrons. The number of carbonyl (C=O) groups excluding carboxylic acids is 1. The number of rotatable bonds is 7. The number of carbonyl (C=O) groups is 1. The van der Waals surface area contributed by atoms with Crippen molar-refractivity contribution in [3.05, 3.63) is 95.0 Å². The molecule has 0 unspecified atom stereocenters. The van der Waals surface area contributed by atoms with Crippen LogP contribution in [0.15, 0.2) is 83.8 Å². The molecule has 0 saturated heterocycles. The number of halogens is 1. The minimum Gasteiger partial charge on any atom is -0.350 e. The van der Waals surface area contributed by atoms with Gasteiger partial charge in [-0.15, -0.1) is 0 Å². The van der Waals surface area contributed by atoms with E-state index in [1.807, 2.05) is 19.1 Å². The maximum Gasteiger partial charge on any atom is 0.264 e. The van der Waals surface area contributed by atoms with Crippen LogP contribution in [0, 0.1) is 6.92 Å². The van der Waals surface area contributed by atoms with Crippen LogP contribution in [-0.2, 0) is 21.4 Å². The largest absolute Gasteiger partial charge is 0.350 e. The molecule has 3 rings (SSSR count). The second-order valence-electron chi connectivity index (χ2n) is 6.56. The quantitative estimate of drug-likeness (QED) is 0.614. The summed E-state index contributed by atoms with van der Waals surface area (Å²) in [4.78, 5) is 12.7. The molecule has 3 aromatic carbocycles. The van der Waals surface area contributed by atoms with Crippen LogP contribution in [0.1, 0.15) is 11.1 Å². The second-order valence-corrected chi connectivity index (χ2v) is 8.86. The van der Waals surface area contributed by atoms with Crippen molar-refractivity contribution in [2.75, 3.05) is 10.8 Å². The molecule has 0 fully saturated rings. The lowest BCUT2D eigenvalue weighted by atomic mass is 10.2. The van der Waals surface area contributed by atoms with Gasteiger partial charge < -0.3 is 5.32 Å². The van der Waals surface area contributed by atoms with Crippen LogP contribution >= 0.6 is 11.6 Å². The summed E-state index contributed by atoms with van der Waals surface area (Å²) < 4.78 is 27.5. The number of amides is 1. The maximum absolute atomic E-state index is 13.2. The third kappa shape index (κ3) is 5.37. The van der Waals surface area contributed by atoms with Crippen LogP contribution in [-0.4, -0.2) is 20.9 Å². The fourth-order valence-corrected chi connectivity index (χ4v) is 4.30. The number of sulfonamides is 1. The van der Waals surface area contributed by atoms with Crippen LogP contribution in [0.4, 0.5) is 5.69 Å². The average molecular weight is 429 g/mol. The fourth-order valence-electron chi connectivity index (χ4n) is 2.74. The predicted octanol–water partition coefficient (Wildman–Crippen LogP) is 4.16. The highest BCUT2D eigenvalue weighted by Crippen LogP contribution is 2.23. The first-order valence-electron chi connectivity index (χ1n) is 9.02. The summed E-state index contributed by atoms with van der Waals surface area (Å²) in [7, 11) is -3.90. The predicted molar refractivity (Wildman–Crippen MR) is 115 cm³/mol. The first kappa shape index (κ1) is 20.9. The molecular formula is C22H21ClN2O3S. The van der Waals surface area contributed by atoms with Crippen molar-refractivity contribution < 1.29 is 13.2 Å². The van der Waals surface area contributed by atoms with Gasteiger partial charge in [-0.05, 0) is 48.9 Å².